The SMILES string of the molecule is CC(Nc1cccc2cc(Br)cnc12)c1cnn(C)c1. The molecule has 0 fully saturated rings. The number of rotatable bonds is 3. The molecule has 1 unspecified atom stereocenters. The number of fused-ring (bicyclic) bond motifs is 1. The highest BCUT2D eigenvalue weighted by molar-refractivity contribution is 9.10. The molecule has 0 aliphatic heterocycles. The number of anilines is 1. The summed E-state index contributed by atoms with van der Waals surface area (Å²) in [6, 6.07) is 8.40. The average molecular weight is 331 g/mol. The summed E-state index contributed by atoms with van der Waals surface area (Å²) in [7, 11) is 1.92. The lowest BCUT2D eigenvalue weighted by Crippen LogP contribution is -2.06. The summed E-state index contributed by atoms with van der Waals surface area (Å²) < 4.78 is 2.80. The number of para-hydroxylation sites is 1. The molecule has 0 amide bonds. The van der Waals surface area contributed by atoms with Crippen molar-refractivity contribution >= 4 is 32.5 Å². The van der Waals surface area contributed by atoms with E-state index < -0.39 is 0 Å². The highest BCUT2D eigenvalue weighted by Crippen LogP contribution is 2.27. The van der Waals surface area contributed by atoms with Gasteiger partial charge < -0.3 is 5.32 Å². The number of benzene rings is 1. The second-order valence-electron chi connectivity index (χ2n) is 4.84. The Labute approximate surface area is 126 Å². The quantitative estimate of drug-likeness (QED) is 0.791. The van der Waals surface area contributed by atoms with Gasteiger partial charge in [-0.1, -0.05) is 12.1 Å². The average Bonchev–Trinajstić information content (AvgIpc) is 2.85. The summed E-state index contributed by atoms with van der Waals surface area (Å²) in [4.78, 5) is 4.50. The van der Waals surface area contributed by atoms with Gasteiger partial charge in [0.2, 0.25) is 0 Å². The number of pyridine rings is 1. The first kappa shape index (κ1) is 13.1. The summed E-state index contributed by atoms with van der Waals surface area (Å²) in [5.74, 6) is 0. The fourth-order valence-corrected chi connectivity index (χ4v) is 2.58. The van der Waals surface area contributed by atoms with Gasteiger partial charge in [-0.2, -0.15) is 5.10 Å². The van der Waals surface area contributed by atoms with Gasteiger partial charge in [0.25, 0.3) is 0 Å². The van der Waals surface area contributed by atoms with Crippen LogP contribution < -0.4 is 5.32 Å². The first-order chi connectivity index (χ1) is 9.63. The van der Waals surface area contributed by atoms with E-state index in [1.54, 1.807) is 0 Å². The van der Waals surface area contributed by atoms with Crippen LogP contribution in [0, 0.1) is 0 Å². The number of hydrogen-bond acceptors (Lipinski definition) is 3. The van der Waals surface area contributed by atoms with Gasteiger partial charge >= 0.3 is 0 Å². The lowest BCUT2D eigenvalue weighted by atomic mass is 10.1. The molecule has 1 atom stereocenters. The predicted octanol–water partition coefficient (Wildman–Crippen LogP) is 3.90. The summed E-state index contributed by atoms with van der Waals surface area (Å²) in [6.07, 6.45) is 5.72. The van der Waals surface area contributed by atoms with Crippen LogP contribution in [-0.2, 0) is 7.05 Å². The maximum absolute atomic E-state index is 4.50. The molecule has 20 heavy (non-hydrogen) atoms. The topological polar surface area (TPSA) is 42.7 Å². The summed E-state index contributed by atoms with van der Waals surface area (Å²) >= 11 is 3.45. The first-order valence-corrected chi connectivity index (χ1v) is 7.22. The fourth-order valence-electron chi connectivity index (χ4n) is 2.23. The summed E-state index contributed by atoms with van der Waals surface area (Å²) in [5.41, 5.74) is 3.17. The third kappa shape index (κ3) is 2.54. The van der Waals surface area contributed by atoms with Crippen molar-refractivity contribution in [3.05, 3.63) is 52.9 Å². The number of halogens is 1. The molecule has 1 N–H and O–H groups in total. The maximum Gasteiger partial charge on any atom is 0.0934 e. The minimum absolute atomic E-state index is 0.180. The Balaban J connectivity index is 1.94. The van der Waals surface area contributed by atoms with E-state index in [2.05, 4.69) is 56.5 Å². The van der Waals surface area contributed by atoms with Crippen molar-refractivity contribution in [3.63, 3.8) is 0 Å². The van der Waals surface area contributed by atoms with Gasteiger partial charge in [-0.25, -0.2) is 0 Å². The second kappa shape index (κ2) is 5.25. The van der Waals surface area contributed by atoms with Crippen molar-refractivity contribution in [2.24, 2.45) is 7.05 Å². The molecule has 0 saturated carbocycles. The zero-order valence-electron chi connectivity index (χ0n) is 11.3. The Morgan fingerprint density at radius 1 is 1.30 bits per heavy atom. The molecule has 0 radical (unpaired) electrons. The normalized spacial score (nSPS) is 12.6. The zero-order chi connectivity index (χ0) is 14.1. The van der Waals surface area contributed by atoms with E-state index in [9.17, 15) is 0 Å². The molecule has 0 bridgehead atoms. The molecule has 3 rings (SSSR count). The van der Waals surface area contributed by atoms with E-state index in [-0.39, 0.29) is 6.04 Å². The van der Waals surface area contributed by atoms with Crippen molar-refractivity contribution < 1.29 is 0 Å². The van der Waals surface area contributed by atoms with Crippen molar-refractivity contribution in [3.8, 4) is 0 Å². The maximum atomic E-state index is 4.50. The van der Waals surface area contributed by atoms with Gasteiger partial charge in [0.1, 0.15) is 0 Å². The minimum atomic E-state index is 0.180. The number of aromatic nitrogens is 3. The van der Waals surface area contributed by atoms with Gasteiger partial charge in [0, 0.05) is 34.9 Å². The monoisotopic (exact) mass is 330 g/mol. The van der Waals surface area contributed by atoms with E-state index in [0.717, 1.165) is 26.6 Å². The molecule has 4 nitrogen and oxygen atoms in total. The molecule has 0 spiro atoms. The lowest BCUT2D eigenvalue weighted by Gasteiger charge is -2.15. The van der Waals surface area contributed by atoms with E-state index in [1.807, 2.05) is 36.4 Å². The van der Waals surface area contributed by atoms with Crippen LogP contribution in [-0.4, -0.2) is 14.8 Å². The Kier molecular flexibility index (Phi) is 3.44. The van der Waals surface area contributed by atoms with Crippen molar-refractivity contribution in [1.29, 1.82) is 0 Å². The smallest absolute Gasteiger partial charge is 0.0934 e. The van der Waals surface area contributed by atoms with Crippen LogP contribution in [0.2, 0.25) is 0 Å². The van der Waals surface area contributed by atoms with Gasteiger partial charge in [0.05, 0.1) is 23.4 Å². The van der Waals surface area contributed by atoms with Crippen LogP contribution in [0.3, 0.4) is 0 Å². The van der Waals surface area contributed by atoms with Crippen LogP contribution >= 0.6 is 15.9 Å². The van der Waals surface area contributed by atoms with Crippen molar-refractivity contribution in [2.45, 2.75) is 13.0 Å². The van der Waals surface area contributed by atoms with Crippen LogP contribution in [0.4, 0.5) is 5.69 Å². The number of aryl methyl sites for hydroxylation is 1. The molecule has 0 aliphatic carbocycles. The molecule has 1 aromatic carbocycles. The molecule has 0 aliphatic rings. The van der Waals surface area contributed by atoms with Crippen molar-refractivity contribution in [2.75, 3.05) is 5.32 Å². The Hall–Kier alpha value is -1.88. The molecule has 3 aromatic rings. The van der Waals surface area contributed by atoms with Gasteiger partial charge in [0.15, 0.2) is 0 Å². The van der Waals surface area contributed by atoms with Crippen molar-refractivity contribution in [1.82, 2.24) is 14.8 Å². The zero-order valence-corrected chi connectivity index (χ0v) is 12.9. The van der Waals surface area contributed by atoms with Crippen LogP contribution in [0.15, 0.2) is 47.3 Å². The largest absolute Gasteiger partial charge is 0.377 e. The van der Waals surface area contributed by atoms with Gasteiger partial charge in [-0.3, -0.25) is 9.67 Å². The lowest BCUT2D eigenvalue weighted by molar-refractivity contribution is 0.765. The highest BCUT2D eigenvalue weighted by atomic mass is 79.9. The Bertz CT molecular complexity index is 750. The number of nitrogens with one attached hydrogen (secondary N) is 1. The Morgan fingerprint density at radius 3 is 2.90 bits per heavy atom. The van der Waals surface area contributed by atoms with Crippen LogP contribution in [0.1, 0.15) is 18.5 Å². The van der Waals surface area contributed by atoms with Gasteiger partial charge in [-0.15, -0.1) is 0 Å². The molecule has 2 heterocycles. The number of hydrogen-bond donors (Lipinski definition) is 1. The molecular weight excluding hydrogens is 316 g/mol. The van der Waals surface area contributed by atoms with Crippen LogP contribution in [0.5, 0.6) is 0 Å². The minimum Gasteiger partial charge on any atom is -0.377 e. The third-order valence-electron chi connectivity index (χ3n) is 3.27. The summed E-state index contributed by atoms with van der Waals surface area (Å²) in [6.45, 7) is 2.12. The predicted molar refractivity (Wildman–Crippen MR) is 84.7 cm³/mol. The summed E-state index contributed by atoms with van der Waals surface area (Å²) in [5, 5.41) is 8.82. The third-order valence-corrected chi connectivity index (χ3v) is 3.71. The van der Waals surface area contributed by atoms with E-state index in [0.29, 0.717) is 0 Å². The molecule has 0 saturated heterocycles. The van der Waals surface area contributed by atoms with Gasteiger partial charge in [-0.05, 0) is 35.0 Å². The molecule has 2 aromatic heterocycles. The molecule has 5 heteroatoms. The molecular formula is C15H15BrN4. The highest BCUT2D eigenvalue weighted by Gasteiger charge is 2.10. The second-order valence-corrected chi connectivity index (χ2v) is 5.76. The molecule has 102 valence electrons. The van der Waals surface area contributed by atoms with Crippen LogP contribution in [0.25, 0.3) is 10.9 Å². The standard InChI is InChI=1S/C15H15BrN4/c1-10(12-7-18-20(2)9-12)19-14-5-3-4-11-6-13(16)8-17-15(11)14/h3-10,19H,1-2H3. The first-order valence-electron chi connectivity index (χ1n) is 6.43. The number of nitrogens with zero attached hydrogens (tertiary/aromatic N) is 3. The van der Waals surface area contributed by atoms with E-state index in [4.69, 9.17) is 0 Å². The Morgan fingerprint density at radius 2 is 2.15 bits per heavy atom. The van der Waals surface area contributed by atoms with E-state index >= 15 is 0 Å². The fraction of sp³-hybridized carbons (Fsp3) is 0.200. The van der Waals surface area contributed by atoms with E-state index in [1.165, 1.54) is 0 Å².